The molecule has 0 aliphatic carbocycles. The Bertz CT molecular complexity index is 505. The zero-order valence-corrected chi connectivity index (χ0v) is 11.0. The molecule has 1 aromatic carbocycles. The highest BCUT2D eigenvalue weighted by Gasteiger charge is 2.28. The van der Waals surface area contributed by atoms with E-state index in [4.69, 9.17) is 0 Å². The van der Waals surface area contributed by atoms with Gasteiger partial charge in [-0.2, -0.15) is 0 Å². The lowest BCUT2D eigenvalue weighted by atomic mass is 10.1. The summed E-state index contributed by atoms with van der Waals surface area (Å²) in [5.74, 6) is 0. The highest BCUT2D eigenvalue weighted by atomic mass is 32.2. The molecule has 1 heterocycles. The van der Waals surface area contributed by atoms with Crippen LogP contribution in [0.25, 0.3) is 0 Å². The molecule has 0 bridgehead atoms. The fraction of sp³-hybridized carbons (Fsp3) is 0.500. The maximum absolute atomic E-state index is 12.1. The number of nitrogens with one attached hydrogen (secondary N) is 2. The van der Waals surface area contributed by atoms with Crippen molar-refractivity contribution in [3.8, 4) is 0 Å². The number of rotatable bonds is 3. The summed E-state index contributed by atoms with van der Waals surface area (Å²) in [4.78, 5) is 0. The van der Waals surface area contributed by atoms with Gasteiger partial charge >= 0.3 is 0 Å². The maximum Gasteiger partial charge on any atom is 0.236 e. The van der Waals surface area contributed by atoms with E-state index in [1.165, 1.54) is 0 Å². The molecule has 17 heavy (non-hydrogen) atoms. The second-order valence-corrected chi connectivity index (χ2v) is 6.54. The Labute approximate surface area is 102 Å². The van der Waals surface area contributed by atoms with Gasteiger partial charge in [-0.3, -0.25) is 4.72 Å². The number of hydrogen-bond donors (Lipinski definition) is 2. The fourth-order valence-electron chi connectivity index (χ4n) is 2.06. The Morgan fingerprint density at radius 2 is 2.12 bits per heavy atom. The third kappa shape index (κ3) is 2.79. The van der Waals surface area contributed by atoms with E-state index in [0.29, 0.717) is 18.7 Å². The number of hydrogen-bond acceptors (Lipinski definition) is 3. The zero-order chi connectivity index (χ0) is 12.5. The van der Waals surface area contributed by atoms with E-state index in [2.05, 4.69) is 10.0 Å². The number of sulfonamides is 1. The number of benzene rings is 1. The summed E-state index contributed by atoms with van der Waals surface area (Å²) in [5.41, 5.74) is 2.77. The first-order valence-electron chi connectivity index (χ1n) is 5.78. The zero-order valence-electron chi connectivity index (χ0n) is 10.2. The predicted octanol–water partition coefficient (Wildman–Crippen LogP) is 1.41. The molecular weight excluding hydrogens is 236 g/mol. The Kier molecular flexibility index (Phi) is 3.40. The first kappa shape index (κ1) is 12.4. The quantitative estimate of drug-likeness (QED) is 0.857. The van der Waals surface area contributed by atoms with Crippen molar-refractivity contribution in [3.63, 3.8) is 0 Å². The van der Waals surface area contributed by atoms with Gasteiger partial charge < -0.3 is 5.32 Å². The molecule has 2 rings (SSSR count). The van der Waals surface area contributed by atoms with Crippen LogP contribution in [0.5, 0.6) is 0 Å². The van der Waals surface area contributed by atoms with Crippen molar-refractivity contribution in [1.82, 2.24) is 5.32 Å². The summed E-state index contributed by atoms with van der Waals surface area (Å²) < 4.78 is 26.9. The highest BCUT2D eigenvalue weighted by Crippen LogP contribution is 2.20. The van der Waals surface area contributed by atoms with Crippen LogP contribution in [-0.2, 0) is 10.0 Å². The minimum Gasteiger partial charge on any atom is -0.315 e. The van der Waals surface area contributed by atoms with Crippen LogP contribution in [0.1, 0.15) is 17.5 Å². The molecule has 1 unspecified atom stereocenters. The van der Waals surface area contributed by atoms with Gasteiger partial charge in [-0.05, 0) is 38.4 Å². The van der Waals surface area contributed by atoms with Gasteiger partial charge in [0.2, 0.25) is 10.0 Å². The summed E-state index contributed by atoms with van der Waals surface area (Å²) in [6.45, 7) is 5.22. The van der Waals surface area contributed by atoms with Crippen molar-refractivity contribution in [1.29, 1.82) is 0 Å². The molecule has 94 valence electrons. The van der Waals surface area contributed by atoms with E-state index in [9.17, 15) is 8.42 Å². The fourth-order valence-corrected chi connectivity index (χ4v) is 3.53. The second-order valence-electron chi connectivity index (χ2n) is 4.58. The summed E-state index contributed by atoms with van der Waals surface area (Å²) >= 11 is 0. The SMILES string of the molecule is Cc1ccc(NS(=O)(=O)C2CCNC2)c(C)c1. The molecule has 0 spiro atoms. The largest absolute Gasteiger partial charge is 0.315 e. The van der Waals surface area contributed by atoms with Crippen LogP contribution in [0.3, 0.4) is 0 Å². The summed E-state index contributed by atoms with van der Waals surface area (Å²) in [6.07, 6.45) is 0.681. The van der Waals surface area contributed by atoms with Crippen LogP contribution in [0.15, 0.2) is 18.2 Å². The van der Waals surface area contributed by atoms with Gasteiger partial charge in [-0.1, -0.05) is 17.7 Å². The first-order chi connectivity index (χ1) is 7.99. The third-order valence-corrected chi connectivity index (χ3v) is 4.87. The average molecular weight is 254 g/mol. The first-order valence-corrected chi connectivity index (χ1v) is 7.33. The van der Waals surface area contributed by atoms with Gasteiger partial charge in [0, 0.05) is 6.54 Å². The average Bonchev–Trinajstić information content (AvgIpc) is 2.76. The molecule has 1 atom stereocenters. The van der Waals surface area contributed by atoms with Crippen LogP contribution < -0.4 is 10.0 Å². The van der Waals surface area contributed by atoms with Gasteiger partial charge in [0.25, 0.3) is 0 Å². The Morgan fingerprint density at radius 1 is 1.35 bits per heavy atom. The molecule has 1 aliphatic rings. The molecule has 0 saturated carbocycles. The molecule has 1 aromatic rings. The molecule has 2 N–H and O–H groups in total. The van der Waals surface area contributed by atoms with Crippen molar-refractivity contribution in [2.24, 2.45) is 0 Å². The van der Waals surface area contributed by atoms with Crippen molar-refractivity contribution < 1.29 is 8.42 Å². The Hall–Kier alpha value is -1.07. The summed E-state index contributed by atoms with van der Waals surface area (Å²) in [6, 6.07) is 5.72. The number of anilines is 1. The van der Waals surface area contributed by atoms with Gasteiger partial charge in [0.1, 0.15) is 0 Å². The van der Waals surface area contributed by atoms with Crippen LogP contribution >= 0.6 is 0 Å². The van der Waals surface area contributed by atoms with Crippen molar-refractivity contribution in [2.45, 2.75) is 25.5 Å². The molecule has 1 fully saturated rings. The lowest BCUT2D eigenvalue weighted by Gasteiger charge is -2.14. The normalized spacial score (nSPS) is 20.5. The molecule has 0 radical (unpaired) electrons. The minimum atomic E-state index is -3.26. The molecule has 0 amide bonds. The van der Waals surface area contributed by atoms with Crippen molar-refractivity contribution >= 4 is 15.7 Å². The van der Waals surface area contributed by atoms with E-state index in [1.54, 1.807) is 0 Å². The van der Waals surface area contributed by atoms with Gasteiger partial charge in [0.15, 0.2) is 0 Å². The number of aryl methyl sites for hydroxylation is 2. The molecule has 1 aliphatic heterocycles. The molecule has 1 saturated heterocycles. The van der Waals surface area contributed by atoms with E-state index >= 15 is 0 Å². The van der Waals surface area contributed by atoms with Crippen LogP contribution in [-0.4, -0.2) is 26.8 Å². The minimum absolute atomic E-state index is 0.316. The smallest absolute Gasteiger partial charge is 0.236 e. The maximum atomic E-state index is 12.1. The Balaban J connectivity index is 2.19. The van der Waals surface area contributed by atoms with Crippen LogP contribution in [0, 0.1) is 13.8 Å². The van der Waals surface area contributed by atoms with E-state index in [0.717, 1.165) is 17.7 Å². The molecule has 5 heteroatoms. The standard InChI is InChI=1S/C12H18N2O2S/c1-9-3-4-12(10(2)7-9)14-17(15,16)11-5-6-13-8-11/h3-4,7,11,13-14H,5-6,8H2,1-2H3. The molecule has 0 aromatic heterocycles. The van der Waals surface area contributed by atoms with E-state index in [1.807, 2.05) is 32.0 Å². The van der Waals surface area contributed by atoms with Crippen molar-refractivity contribution in [2.75, 3.05) is 17.8 Å². The monoisotopic (exact) mass is 254 g/mol. The summed E-state index contributed by atoms with van der Waals surface area (Å²) in [5, 5.41) is 2.75. The molecule has 4 nitrogen and oxygen atoms in total. The van der Waals surface area contributed by atoms with Gasteiger partial charge in [0.05, 0.1) is 10.9 Å². The third-order valence-electron chi connectivity index (χ3n) is 3.09. The van der Waals surface area contributed by atoms with Gasteiger partial charge in [-0.25, -0.2) is 8.42 Å². The highest BCUT2D eigenvalue weighted by molar-refractivity contribution is 7.93. The lowest BCUT2D eigenvalue weighted by Crippen LogP contribution is -2.29. The Morgan fingerprint density at radius 3 is 2.71 bits per heavy atom. The molecular formula is C12H18N2O2S. The summed E-state index contributed by atoms with van der Waals surface area (Å²) in [7, 11) is -3.26. The van der Waals surface area contributed by atoms with Crippen molar-refractivity contribution in [3.05, 3.63) is 29.3 Å². The van der Waals surface area contributed by atoms with Crippen LogP contribution in [0.4, 0.5) is 5.69 Å². The second kappa shape index (κ2) is 4.66. The predicted molar refractivity (Wildman–Crippen MR) is 69.7 cm³/mol. The lowest BCUT2D eigenvalue weighted by molar-refractivity contribution is 0.588. The van der Waals surface area contributed by atoms with E-state index in [-0.39, 0.29) is 5.25 Å². The van der Waals surface area contributed by atoms with Crippen LogP contribution in [0.2, 0.25) is 0 Å². The van der Waals surface area contributed by atoms with Gasteiger partial charge in [-0.15, -0.1) is 0 Å². The topological polar surface area (TPSA) is 58.2 Å². The van der Waals surface area contributed by atoms with E-state index < -0.39 is 10.0 Å².